The van der Waals surface area contributed by atoms with E-state index in [1.165, 1.54) is 4.31 Å². The predicted octanol–water partition coefficient (Wildman–Crippen LogP) is -0.311. The Morgan fingerprint density at radius 2 is 1.89 bits per heavy atom. The van der Waals surface area contributed by atoms with E-state index in [1.807, 2.05) is 0 Å². The van der Waals surface area contributed by atoms with Crippen LogP contribution in [0.1, 0.15) is 0 Å². The number of nitro groups is 1. The average molecular weight is 287 g/mol. The molecule has 0 bridgehead atoms. The van der Waals surface area contributed by atoms with Gasteiger partial charge in [-0.3, -0.25) is 10.1 Å². The molecule has 0 radical (unpaired) electrons. The summed E-state index contributed by atoms with van der Waals surface area (Å²) >= 11 is 0. The summed E-state index contributed by atoms with van der Waals surface area (Å²) in [6, 6.07) is 2.78. The van der Waals surface area contributed by atoms with E-state index >= 15 is 0 Å². The Morgan fingerprint density at radius 1 is 1.26 bits per heavy atom. The molecule has 1 aromatic carbocycles. The molecular formula is C10H11N2O6S-. The molecule has 0 N–H and O–H groups in total. The molecule has 0 unspecified atom stereocenters. The van der Waals surface area contributed by atoms with Crippen molar-refractivity contribution in [3.8, 4) is 5.75 Å². The number of nitrogens with zero attached hydrogens (tertiary/aromatic N) is 2. The van der Waals surface area contributed by atoms with Gasteiger partial charge in [0.25, 0.3) is 5.69 Å². The van der Waals surface area contributed by atoms with Gasteiger partial charge in [-0.05, 0) is 11.8 Å². The molecule has 0 amide bonds. The number of sulfonamides is 1. The summed E-state index contributed by atoms with van der Waals surface area (Å²) in [4.78, 5) is 9.52. The fourth-order valence-corrected chi connectivity index (χ4v) is 3.16. The van der Waals surface area contributed by atoms with Gasteiger partial charge < -0.3 is 9.84 Å². The van der Waals surface area contributed by atoms with E-state index in [-0.39, 0.29) is 31.2 Å². The molecule has 8 nitrogen and oxygen atoms in total. The third-order valence-electron chi connectivity index (χ3n) is 2.73. The Morgan fingerprint density at radius 3 is 2.47 bits per heavy atom. The molecule has 1 aliphatic heterocycles. The number of hydrogen-bond donors (Lipinski definition) is 0. The fraction of sp³-hybridized carbons (Fsp3) is 0.400. The Labute approximate surface area is 109 Å². The average Bonchev–Trinajstić information content (AvgIpc) is 2.39. The van der Waals surface area contributed by atoms with Gasteiger partial charge in [-0.15, -0.1) is 0 Å². The molecule has 1 aliphatic rings. The minimum absolute atomic E-state index is 0.190. The topological polar surface area (TPSA) is 113 Å². The maximum absolute atomic E-state index is 12.2. The molecule has 0 saturated carbocycles. The third-order valence-corrected chi connectivity index (χ3v) is 4.63. The third kappa shape index (κ3) is 2.67. The molecule has 1 aromatic rings. The molecule has 19 heavy (non-hydrogen) atoms. The van der Waals surface area contributed by atoms with Gasteiger partial charge in [0.1, 0.15) is 0 Å². The normalized spacial score (nSPS) is 17.3. The molecule has 1 heterocycles. The molecule has 0 aromatic heterocycles. The van der Waals surface area contributed by atoms with Crippen LogP contribution in [0.5, 0.6) is 5.75 Å². The van der Waals surface area contributed by atoms with E-state index in [2.05, 4.69) is 0 Å². The second kappa shape index (κ2) is 5.11. The van der Waals surface area contributed by atoms with Crippen LogP contribution in [0.2, 0.25) is 0 Å². The highest BCUT2D eigenvalue weighted by atomic mass is 32.2. The number of ether oxygens (including phenoxy) is 1. The first kappa shape index (κ1) is 13.7. The van der Waals surface area contributed by atoms with E-state index in [0.717, 1.165) is 18.2 Å². The second-order valence-electron chi connectivity index (χ2n) is 3.90. The van der Waals surface area contributed by atoms with Gasteiger partial charge in [0, 0.05) is 19.2 Å². The van der Waals surface area contributed by atoms with Crippen molar-refractivity contribution in [2.24, 2.45) is 0 Å². The summed E-state index contributed by atoms with van der Waals surface area (Å²) in [5.41, 5.74) is -0.741. The minimum Gasteiger partial charge on any atom is -0.868 e. The van der Waals surface area contributed by atoms with Gasteiger partial charge >= 0.3 is 0 Å². The highest BCUT2D eigenvalue weighted by Gasteiger charge is 2.27. The van der Waals surface area contributed by atoms with E-state index in [0.29, 0.717) is 0 Å². The van der Waals surface area contributed by atoms with Crippen molar-refractivity contribution >= 4 is 15.7 Å². The van der Waals surface area contributed by atoms with E-state index in [4.69, 9.17) is 4.74 Å². The van der Waals surface area contributed by atoms with Gasteiger partial charge in [-0.1, -0.05) is 6.07 Å². The zero-order valence-corrected chi connectivity index (χ0v) is 10.6. The van der Waals surface area contributed by atoms with Crippen molar-refractivity contribution in [1.82, 2.24) is 4.31 Å². The first-order chi connectivity index (χ1) is 8.93. The standard InChI is InChI=1S/C10H12N2O6S/c13-10-2-1-8(7-9(10)12(14)15)19(16,17)11-3-5-18-6-4-11/h1-2,7,13H,3-6H2/p-1. The van der Waals surface area contributed by atoms with Gasteiger partial charge in [0.05, 0.1) is 23.0 Å². The largest absolute Gasteiger partial charge is 0.868 e. The maximum atomic E-state index is 12.2. The van der Waals surface area contributed by atoms with Gasteiger partial charge in [-0.25, -0.2) is 8.42 Å². The molecule has 0 atom stereocenters. The summed E-state index contributed by atoms with van der Waals surface area (Å²) in [5.74, 6) is -0.814. The zero-order valence-electron chi connectivity index (χ0n) is 9.81. The van der Waals surface area contributed by atoms with Crippen LogP contribution in [0.3, 0.4) is 0 Å². The van der Waals surface area contributed by atoms with Crippen molar-refractivity contribution in [2.45, 2.75) is 4.90 Å². The van der Waals surface area contributed by atoms with Crippen LogP contribution in [-0.4, -0.2) is 43.9 Å². The summed E-state index contributed by atoms with van der Waals surface area (Å²) < 4.78 is 30.7. The van der Waals surface area contributed by atoms with E-state index < -0.39 is 26.4 Å². The van der Waals surface area contributed by atoms with Crippen LogP contribution in [0.25, 0.3) is 0 Å². The smallest absolute Gasteiger partial charge is 0.263 e. The molecule has 2 rings (SSSR count). The minimum atomic E-state index is -3.82. The number of hydrogen-bond acceptors (Lipinski definition) is 6. The van der Waals surface area contributed by atoms with Crippen LogP contribution in [0.4, 0.5) is 5.69 Å². The second-order valence-corrected chi connectivity index (χ2v) is 5.84. The van der Waals surface area contributed by atoms with E-state index in [9.17, 15) is 23.6 Å². The van der Waals surface area contributed by atoms with Crippen LogP contribution >= 0.6 is 0 Å². The van der Waals surface area contributed by atoms with Crippen molar-refractivity contribution in [2.75, 3.05) is 26.3 Å². The lowest BCUT2D eigenvalue weighted by Gasteiger charge is -2.26. The molecule has 1 fully saturated rings. The molecule has 0 aliphatic carbocycles. The Balaban J connectivity index is 2.40. The lowest BCUT2D eigenvalue weighted by atomic mass is 10.3. The van der Waals surface area contributed by atoms with Gasteiger partial charge in [-0.2, -0.15) is 4.31 Å². The summed E-state index contributed by atoms with van der Waals surface area (Å²) in [5, 5.41) is 21.9. The highest BCUT2D eigenvalue weighted by Crippen LogP contribution is 2.27. The number of nitro benzene ring substituents is 1. The SMILES string of the molecule is O=[N+]([O-])c1cc(S(=O)(=O)N2CCOCC2)ccc1[O-]. The van der Waals surface area contributed by atoms with E-state index in [1.54, 1.807) is 0 Å². The van der Waals surface area contributed by atoms with Crippen LogP contribution < -0.4 is 5.11 Å². The van der Waals surface area contributed by atoms with Crippen LogP contribution in [-0.2, 0) is 14.8 Å². The zero-order chi connectivity index (χ0) is 14.0. The van der Waals surface area contributed by atoms with Crippen LogP contribution in [0.15, 0.2) is 23.1 Å². The van der Waals surface area contributed by atoms with Crippen molar-refractivity contribution in [1.29, 1.82) is 0 Å². The predicted molar refractivity (Wildman–Crippen MR) is 62.1 cm³/mol. The van der Waals surface area contributed by atoms with Crippen molar-refractivity contribution in [3.63, 3.8) is 0 Å². The molecule has 9 heteroatoms. The molecule has 0 spiro atoms. The number of morpholine rings is 1. The quantitative estimate of drug-likeness (QED) is 0.556. The van der Waals surface area contributed by atoms with Crippen molar-refractivity contribution in [3.05, 3.63) is 28.3 Å². The summed E-state index contributed by atoms with van der Waals surface area (Å²) in [6.07, 6.45) is 0. The Bertz CT molecular complexity index is 594. The number of benzene rings is 1. The monoisotopic (exact) mass is 287 g/mol. The summed E-state index contributed by atoms with van der Waals surface area (Å²) in [7, 11) is -3.82. The first-order valence-electron chi connectivity index (χ1n) is 5.46. The molecule has 104 valence electrons. The fourth-order valence-electron chi connectivity index (χ4n) is 1.74. The Kier molecular flexibility index (Phi) is 3.69. The maximum Gasteiger partial charge on any atom is 0.263 e. The lowest BCUT2D eigenvalue weighted by Crippen LogP contribution is -2.40. The lowest BCUT2D eigenvalue weighted by molar-refractivity contribution is -0.398. The summed E-state index contributed by atoms with van der Waals surface area (Å²) in [6.45, 7) is 0.937. The van der Waals surface area contributed by atoms with Gasteiger partial charge in [0.2, 0.25) is 10.0 Å². The highest BCUT2D eigenvalue weighted by molar-refractivity contribution is 7.89. The number of rotatable bonds is 3. The first-order valence-corrected chi connectivity index (χ1v) is 6.90. The molecular weight excluding hydrogens is 276 g/mol. The van der Waals surface area contributed by atoms with Gasteiger partial charge in [0.15, 0.2) is 0 Å². The van der Waals surface area contributed by atoms with Crippen LogP contribution in [0, 0.1) is 10.1 Å². The molecule has 1 saturated heterocycles. The van der Waals surface area contributed by atoms with Crippen molar-refractivity contribution < 1.29 is 23.2 Å². The Hall–Kier alpha value is -1.71.